The van der Waals surface area contributed by atoms with Gasteiger partial charge in [0.05, 0.1) is 17.7 Å². The summed E-state index contributed by atoms with van der Waals surface area (Å²) in [6.07, 6.45) is 7.08. The standard InChI is InChI=1S/C17H17BrN2O3S/c1-2-23-17(22)14-12-5-3-4-6-13(12)24-16(14)20-15(21)10-7-11(18)9-19-8-10/h7-9H,2-6H2,1H3,(H,20,21). The number of pyridine rings is 1. The Morgan fingerprint density at radius 1 is 1.33 bits per heavy atom. The van der Waals surface area contributed by atoms with E-state index in [0.717, 1.165) is 35.7 Å². The Hall–Kier alpha value is -1.73. The molecule has 1 aliphatic carbocycles. The van der Waals surface area contributed by atoms with Crippen molar-refractivity contribution in [2.45, 2.75) is 32.6 Å². The molecule has 2 aromatic rings. The normalized spacial score (nSPS) is 13.2. The molecule has 0 spiro atoms. The molecule has 2 heterocycles. The van der Waals surface area contributed by atoms with Gasteiger partial charge in [0.25, 0.3) is 5.91 Å². The third kappa shape index (κ3) is 3.52. The molecule has 7 heteroatoms. The van der Waals surface area contributed by atoms with E-state index in [0.29, 0.717) is 22.7 Å². The summed E-state index contributed by atoms with van der Waals surface area (Å²) in [5.41, 5.74) is 1.99. The third-order valence-corrected chi connectivity index (χ3v) is 5.49. The van der Waals surface area contributed by atoms with Crippen LogP contribution in [0.4, 0.5) is 5.00 Å². The predicted octanol–water partition coefficient (Wildman–Crippen LogP) is 4.21. The topological polar surface area (TPSA) is 68.3 Å². The highest BCUT2D eigenvalue weighted by Crippen LogP contribution is 2.38. The summed E-state index contributed by atoms with van der Waals surface area (Å²) in [4.78, 5) is 30.1. The van der Waals surface area contributed by atoms with Crippen molar-refractivity contribution >= 4 is 44.1 Å². The molecule has 1 N–H and O–H groups in total. The molecule has 0 aromatic carbocycles. The first-order valence-electron chi connectivity index (χ1n) is 7.83. The average molecular weight is 409 g/mol. The van der Waals surface area contributed by atoms with Gasteiger partial charge in [0.1, 0.15) is 5.00 Å². The largest absolute Gasteiger partial charge is 0.462 e. The molecular formula is C17H17BrN2O3S. The molecule has 0 atom stereocenters. The van der Waals surface area contributed by atoms with Crippen molar-refractivity contribution in [2.24, 2.45) is 0 Å². The lowest BCUT2D eigenvalue weighted by Crippen LogP contribution is -2.16. The van der Waals surface area contributed by atoms with Crippen molar-refractivity contribution in [1.29, 1.82) is 0 Å². The molecule has 3 rings (SSSR count). The van der Waals surface area contributed by atoms with E-state index in [1.54, 1.807) is 19.2 Å². The molecule has 0 radical (unpaired) electrons. The van der Waals surface area contributed by atoms with Gasteiger partial charge in [-0.15, -0.1) is 11.3 Å². The van der Waals surface area contributed by atoms with Gasteiger partial charge in [-0.05, 0) is 60.2 Å². The molecule has 0 fully saturated rings. The Balaban J connectivity index is 1.93. The summed E-state index contributed by atoms with van der Waals surface area (Å²) in [7, 11) is 0. The summed E-state index contributed by atoms with van der Waals surface area (Å²) in [6.45, 7) is 2.09. The molecular weight excluding hydrogens is 392 g/mol. The van der Waals surface area contributed by atoms with E-state index in [1.165, 1.54) is 22.4 Å². The van der Waals surface area contributed by atoms with Crippen LogP contribution in [0.2, 0.25) is 0 Å². The van der Waals surface area contributed by atoms with Crippen LogP contribution in [0.25, 0.3) is 0 Å². The summed E-state index contributed by atoms with van der Waals surface area (Å²) < 4.78 is 5.92. The Bertz CT molecular complexity index is 788. The molecule has 1 aliphatic rings. The van der Waals surface area contributed by atoms with Gasteiger partial charge in [-0.3, -0.25) is 9.78 Å². The number of halogens is 1. The molecule has 5 nitrogen and oxygen atoms in total. The number of esters is 1. The number of nitrogens with one attached hydrogen (secondary N) is 1. The monoisotopic (exact) mass is 408 g/mol. The van der Waals surface area contributed by atoms with Crippen LogP contribution in [0.3, 0.4) is 0 Å². The molecule has 126 valence electrons. The molecule has 2 aromatic heterocycles. The quantitative estimate of drug-likeness (QED) is 0.769. The number of thiophene rings is 1. The summed E-state index contributed by atoms with van der Waals surface area (Å²) in [5, 5.41) is 3.44. The predicted molar refractivity (Wildman–Crippen MR) is 96.8 cm³/mol. The highest BCUT2D eigenvalue weighted by Gasteiger charge is 2.27. The number of rotatable bonds is 4. The zero-order chi connectivity index (χ0) is 17.1. The molecule has 1 amide bonds. The van der Waals surface area contributed by atoms with Crippen molar-refractivity contribution in [3.8, 4) is 0 Å². The fraction of sp³-hybridized carbons (Fsp3) is 0.353. The van der Waals surface area contributed by atoms with Crippen LogP contribution >= 0.6 is 27.3 Å². The van der Waals surface area contributed by atoms with Gasteiger partial charge in [0.2, 0.25) is 0 Å². The highest BCUT2D eigenvalue weighted by molar-refractivity contribution is 9.10. The minimum absolute atomic E-state index is 0.284. The lowest BCUT2D eigenvalue weighted by Gasteiger charge is -2.12. The number of amides is 1. The molecule has 24 heavy (non-hydrogen) atoms. The second-order valence-electron chi connectivity index (χ2n) is 5.48. The van der Waals surface area contributed by atoms with Crippen molar-refractivity contribution < 1.29 is 14.3 Å². The zero-order valence-corrected chi connectivity index (χ0v) is 15.6. The van der Waals surface area contributed by atoms with Crippen LogP contribution in [0.15, 0.2) is 22.9 Å². The number of hydrogen-bond acceptors (Lipinski definition) is 5. The fourth-order valence-corrected chi connectivity index (χ4v) is 4.42. The van der Waals surface area contributed by atoms with Crippen LogP contribution in [0, 0.1) is 0 Å². The zero-order valence-electron chi connectivity index (χ0n) is 13.2. The van der Waals surface area contributed by atoms with Crippen LogP contribution in [-0.2, 0) is 17.6 Å². The summed E-state index contributed by atoms with van der Waals surface area (Å²) >= 11 is 4.78. The average Bonchev–Trinajstić information content (AvgIpc) is 2.93. The molecule has 0 saturated heterocycles. The van der Waals surface area contributed by atoms with E-state index < -0.39 is 0 Å². The van der Waals surface area contributed by atoms with E-state index >= 15 is 0 Å². The molecule has 0 aliphatic heterocycles. The number of carbonyl (C=O) groups is 2. The fourth-order valence-electron chi connectivity index (χ4n) is 2.78. The van der Waals surface area contributed by atoms with E-state index in [1.807, 2.05) is 0 Å². The van der Waals surface area contributed by atoms with Crippen LogP contribution in [-0.4, -0.2) is 23.5 Å². The number of aromatic nitrogens is 1. The molecule has 0 unspecified atom stereocenters. The second kappa shape index (κ2) is 7.44. The number of carbonyl (C=O) groups excluding carboxylic acids is 2. The first-order valence-corrected chi connectivity index (χ1v) is 9.44. The van der Waals surface area contributed by atoms with E-state index in [9.17, 15) is 9.59 Å². The number of anilines is 1. The lowest BCUT2D eigenvalue weighted by atomic mass is 9.95. The summed E-state index contributed by atoms with van der Waals surface area (Å²) in [5.74, 6) is -0.646. The third-order valence-electron chi connectivity index (χ3n) is 3.84. The van der Waals surface area contributed by atoms with Gasteiger partial charge >= 0.3 is 5.97 Å². The highest BCUT2D eigenvalue weighted by atomic mass is 79.9. The van der Waals surface area contributed by atoms with Crippen LogP contribution < -0.4 is 5.32 Å². The van der Waals surface area contributed by atoms with Gasteiger partial charge < -0.3 is 10.1 Å². The number of aryl methyl sites for hydroxylation is 1. The Labute approximate surface area is 152 Å². The number of fused-ring (bicyclic) bond motifs is 1. The van der Waals surface area contributed by atoms with Crippen molar-refractivity contribution in [3.05, 3.63) is 44.5 Å². The number of hydrogen-bond donors (Lipinski definition) is 1. The minimum Gasteiger partial charge on any atom is -0.462 e. The van der Waals surface area contributed by atoms with Crippen LogP contribution in [0.1, 0.15) is 50.9 Å². The Kier molecular flexibility index (Phi) is 5.30. The number of nitrogens with zero attached hydrogens (tertiary/aromatic N) is 1. The Morgan fingerprint density at radius 2 is 2.12 bits per heavy atom. The summed E-state index contributed by atoms with van der Waals surface area (Å²) in [6, 6.07) is 1.69. The lowest BCUT2D eigenvalue weighted by molar-refractivity contribution is 0.0526. The maximum absolute atomic E-state index is 12.5. The number of ether oxygens (including phenoxy) is 1. The van der Waals surface area contributed by atoms with Gasteiger partial charge in [-0.1, -0.05) is 0 Å². The SMILES string of the molecule is CCOC(=O)c1c(NC(=O)c2cncc(Br)c2)sc2c1CCCC2. The van der Waals surface area contributed by atoms with Crippen molar-refractivity contribution in [1.82, 2.24) is 4.98 Å². The molecule has 0 saturated carbocycles. The maximum Gasteiger partial charge on any atom is 0.341 e. The first kappa shape index (κ1) is 17.1. The van der Waals surface area contributed by atoms with Crippen LogP contribution in [0.5, 0.6) is 0 Å². The van der Waals surface area contributed by atoms with Crippen molar-refractivity contribution in [2.75, 3.05) is 11.9 Å². The van der Waals surface area contributed by atoms with Gasteiger partial charge in [0, 0.05) is 21.7 Å². The molecule has 0 bridgehead atoms. The maximum atomic E-state index is 12.5. The van der Waals surface area contributed by atoms with Gasteiger partial charge in [-0.2, -0.15) is 0 Å². The Morgan fingerprint density at radius 3 is 2.88 bits per heavy atom. The van der Waals surface area contributed by atoms with E-state index in [4.69, 9.17) is 4.74 Å². The van der Waals surface area contributed by atoms with E-state index in [-0.39, 0.29) is 11.9 Å². The smallest absolute Gasteiger partial charge is 0.341 e. The minimum atomic E-state index is -0.362. The van der Waals surface area contributed by atoms with Crippen molar-refractivity contribution in [3.63, 3.8) is 0 Å². The van der Waals surface area contributed by atoms with E-state index in [2.05, 4.69) is 26.2 Å². The van der Waals surface area contributed by atoms with Gasteiger partial charge in [-0.25, -0.2) is 4.79 Å². The first-order chi connectivity index (χ1) is 11.6. The van der Waals surface area contributed by atoms with Gasteiger partial charge in [0.15, 0.2) is 0 Å². The second-order valence-corrected chi connectivity index (χ2v) is 7.50.